The van der Waals surface area contributed by atoms with Gasteiger partial charge in [0.05, 0.1) is 23.7 Å². The molecule has 6 rings (SSSR count). The maximum Gasteiger partial charge on any atom is 0.341 e. The second-order valence-electron chi connectivity index (χ2n) is 12.5. The summed E-state index contributed by atoms with van der Waals surface area (Å²) in [4.78, 5) is 13.6. The predicted molar refractivity (Wildman–Crippen MR) is 138 cm³/mol. The van der Waals surface area contributed by atoms with Gasteiger partial charge in [-0.3, -0.25) is 0 Å². The summed E-state index contributed by atoms with van der Waals surface area (Å²) in [7, 11) is 1.85. The van der Waals surface area contributed by atoms with E-state index in [0.29, 0.717) is 17.1 Å². The number of para-hydroxylation sites is 1. The minimum atomic E-state index is -2.04. The van der Waals surface area contributed by atoms with Crippen molar-refractivity contribution in [3.63, 3.8) is 0 Å². The molecule has 2 aromatic rings. The Bertz CT molecular complexity index is 1360. The first kappa shape index (κ1) is 24.9. The van der Waals surface area contributed by atoms with Gasteiger partial charge in [0.15, 0.2) is 6.10 Å². The van der Waals surface area contributed by atoms with Crippen molar-refractivity contribution in [3.8, 4) is 0 Å². The van der Waals surface area contributed by atoms with Crippen molar-refractivity contribution < 1.29 is 30.0 Å². The Balaban J connectivity index is 1.47. The minimum Gasteiger partial charge on any atom is -0.451 e. The normalized spacial score (nSPS) is 41.7. The molecule has 4 aliphatic rings. The summed E-state index contributed by atoms with van der Waals surface area (Å²) in [6, 6.07) is 7.52. The highest BCUT2D eigenvalue weighted by atomic mass is 16.6. The summed E-state index contributed by atoms with van der Waals surface area (Å²) in [5.41, 5.74) is -1.18. The fourth-order valence-corrected chi connectivity index (χ4v) is 8.58. The van der Waals surface area contributed by atoms with Gasteiger partial charge < -0.3 is 29.7 Å². The molecule has 7 nitrogen and oxygen atoms in total. The summed E-state index contributed by atoms with van der Waals surface area (Å²) in [5.74, 6) is -0.631. The maximum absolute atomic E-state index is 13.6. The predicted octanol–water partition coefficient (Wildman–Crippen LogP) is 2.96. The van der Waals surface area contributed by atoms with Gasteiger partial charge in [-0.25, -0.2) is 4.79 Å². The van der Waals surface area contributed by atoms with Gasteiger partial charge >= 0.3 is 5.97 Å². The highest BCUT2D eigenvalue weighted by Crippen LogP contribution is 2.72. The maximum atomic E-state index is 13.6. The van der Waals surface area contributed by atoms with Crippen LogP contribution in [0.15, 0.2) is 53.8 Å². The van der Waals surface area contributed by atoms with E-state index in [1.807, 2.05) is 48.9 Å². The summed E-state index contributed by atoms with van der Waals surface area (Å²) >= 11 is 0. The minimum absolute atomic E-state index is 0.0174. The molecule has 1 spiro atoms. The molecule has 37 heavy (non-hydrogen) atoms. The molecule has 0 amide bonds. The van der Waals surface area contributed by atoms with Crippen LogP contribution >= 0.6 is 0 Å². The van der Waals surface area contributed by atoms with E-state index in [2.05, 4.69) is 13.8 Å². The third-order valence-corrected chi connectivity index (χ3v) is 10.5. The second-order valence-corrected chi connectivity index (χ2v) is 12.5. The van der Waals surface area contributed by atoms with Gasteiger partial charge in [-0.2, -0.15) is 0 Å². The fourth-order valence-electron chi connectivity index (χ4n) is 8.58. The van der Waals surface area contributed by atoms with E-state index in [0.717, 1.165) is 17.3 Å². The Kier molecular flexibility index (Phi) is 5.23. The summed E-state index contributed by atoms with van der Waals surface area (Å²) in [6.07, 6.45) is 2.39. The van der Waals surface area contributed by atoms with Gasteiger partial charge in [0.25, 0.3) is 0 Å². The number of fused-ring (bicyclic) bond motifs is 4. The molecule has 1 aromatic heterocycles. The van der Waals surface area contributed by atoms with Crippen LogP contribution in [0.2, 0.25) is 0 Å². The lowest BCUT2D eigenvalue weighted by Gasteiger charge is -2.52. The van der Waals surface area contributed by atoms with E-state index in [1.54, 1.807) is 19.2 Å². The molecule has 2 fully saturated rings. The highest BCUT2D eigenvalue weighted by Gasteiger charge is 2.76. The van der Waals surface area contributed by atoms with Crippen molar-refractivity contribution in [1.82, 2.24) is 4.57 Å². The van der Waals surface area contributed by atoms with Gasteiger partial charge in [0.2, 0.25) is 0 Å². The van der Waals surface area contributed by atoms with E-state index >= 15 is 0 Å². The first-order valence-corrected chi connectivity index (χ1v) is 13.3. The van der Waals surface area contributed by atoms with E-state index in [9.17, 15) is 25.2 Å². The van der Waals surface area contributed by atoms with Crippen LogP contribution in [0.4, 0.5) is 0 Å². The molecule has 198 valence electrons. The van der Waals surface area contributed by atoms with Crippen LogP contribution in [-0.2, 0) is 11.8 Å². The van der Waals surface area contributed by atoms with E-state index in [4.69, 9.17) is 4.74 Å². The number of carbonyl (C=O) groups excluding carboxylic acids is 1. The molecular weight excluding hydrogens is 470 g/mol. The zero-order valence-electron chi connectivity index (χ0n) is 22.0. The number of esters is 1. The Labute approximate surface area is 217 Å². The number of hydrogen-bond donors (Lipinski definition) is 4. The topological polar surface area (TPSA) is 112 Å². The molecule has 1 heterocycles. The molecule has 9 atom stereocenters. The zero-order valence-corrected chi connectivity index (χ0v) is 22.0. The number of aromatic nitrogens is 1. The molecule has 0 radical (unpaired) electrons. The van der Waals surface area contributed by atoms with Gasteiger partial charge in [-0.05, 0) is 53.7 Å². The number of hydrogen-bond acceptors (Lipinski definition) is 6. The van der Waals surface area contributed by atoms with E-state index in [-0.39, 0.29) is 28.7 Å². The first-order valence-electron chi connectivity index (χ1n) is 13.3. The lowest BCUT2D eigenvalue weighted by atomic mass is 9.58. The molecule has 4 N–H and O–H groups in total. The standard InChI is InChI=1S/C30H37NO6/c1-15-12-29-16(2)10-21-23(28(21,3)4)19(25(29)34)11-17(14-32)24(33)30(29,36)26(15)37-27(35)20-13-31(5)22-9-7-6-8-18(20)22/h6-9,11-13,16,19,21,23-26,32-34,36H,10,14H2,1-5H3/t16-,19+,21-,23+,24-,25?,26+,29+,30+/m1/s1. The highest BCUT2D eigenvalue weighted by molar-refractivity contribution is 6.04. The molecule has 7 heteroatoms. The third kappa shape index (κ3) is 2.94. The van der Waals surface area contributed by atoms with Crippen LogP contribution in [0.1, 0.15) is 44.5 Å². The quantitative estimate of drug-likeness (QED) is 0.376. The van der Waals surface area contributed by atoms with Gasteiger partial charge in [0.1, 0.15) is 11.7 Å². The van der Waals surface area contributed by atoms with Gasteiger partial charge in [-0.1, -0.05) is 51.1 Å². The smallest absolute Gasteiger partial charge is 0.341 e. The van der Waals surface area contributed by atoms with Crippen molar-refractivity contribution in [2.45, 2.75) is 58.0 Å². The van der Waals surface area contributed by atoms with Crippen molar-refractivity contribution in [2.75, 3.05) is 6.61 Å². The Hall–Kier alpha value is -2.45. The summed E-state index contributed by atoms with van der Waals surface area (Å²) in [6.45, 7) is 7.73. The number of rotatable bonds is 3. The van der Waals surface area contributed by atoms with Crippen LogP contribution in [0.3, 0.4) is 0 Å². The number of aliphatic hydroxyl groups excluding tert-OH is 3. The first-order chi connectivity index (χ1) is 17.4. The Morgan fingerprint density at radius 2 is 1.92 bits per heavy atom. The average Bonchev–Trinajstić information content (AvgIpc) is 3.15. The number of ether oxygens (including phenoxy) is 1. The average molecular weight is 508 g/mol. The number of benzene rings is 1. The fraction of sp³-hybridized carbons (Fsp3) is 0.567. The van der Waals surface area contributed by atoms with Crippen LogP contribution in [-0.4, -0.2) is 61.5 Å². The largest absolute Gasteiger partial charge is 0.451 e. The van der Waals surface area contributed by atoms with E-state index < -0.39 is 41.9 Å². The zero-order chi connectivity index (χ0) is 26.7. The molecule has 4 aliphatic carbocycles. The van der Waals surface area contributed by atoms with Crippen LogP contribution in [0.25, 0.3) is 10.9 Å². The van der Waals surface area contributed by atoms with Crippen LogP contribution in [0, 0.1) is 34.5 Å². The Morgan fingerprint density at radius 1 is 1.22 bits per heavy atom. The lowest BCUT2D eigenvalue weighted by Crippen LogP contribution is -2.66. The SMILES string of the molecule is CC1=C[C@]23C(O)[C@@H](C=C(CO)[C@@H](O)[C@]2(O)[C@H]1OC(=O)c1cn(C)c2ccccc12)[C@H]1[C@@H](C[C@H]3C)C1(C)C. The number of aryl methyl sites for hydroxylation is 1. The van der Waals surface area contributed by atoms with Crippen LogP contribution < -0.4 is 0 Å². The summed E-state index contributed by atoms with van der Waals surface area (Å²) in [5, 5.41) is 47.4. The molecule has 0 saturated heterocycles. The molecule has 1 aromatic carbocycles. The Morgan fingerprint density at radius 3 is 2.62 bits per heavy atom. The lowest BCUT2D eigenvalue weighted by molar-refractivity contribution is -0.215. The third-order valence-electron chi connectivity index (χ3n) is 10.5. The second kappa shape index (κ2) is 7.79. The molecule has 2 saturated carbocycles. The number of nitrogens with zero attached hydrogens (tertiary/aromatic N) is 1. The number of carbonyl (C=O) groups is 1. The molecule has 2 bridgehead atoms. The van der Waals surface area contributed by atoms with Gasteiger partial charge in [-0.15, -0.1) is 0 Å². The molecule has 0 aliphatic heterocycles. The van der Waals surface area contributed by atoms with Crippen molar-refractivity contribution in [1.29, 1.82) is 0 Å². The monoisotopic (exact) mass is 507 g/mol. The molecular formula is C30H37NO6. The van der Waals surface area contributed by atoms with Crippen molar-refractivity contribution in [2.24, 2.45) is 41.5 Å². The van der Waals surface area contributed by atoms with Crippen molar-refractivity contribution in [3.05, 3.63) is 59.3 Å². The van der Waals surface area contributed by atoms with Crippen molar-refractivity contribution >= 4 is 16.9 Å². The van der Waals surface area contributed by atoms with Crippen LogP contribution in [0.5, 0.6) is 0 Å². The number of aliphatic hydroxyl groups is 4. The molecule has 1 unspecified atom stereocenters. The van der Waals surface area contributed by atoms with E-state index in [1.165, 1.54) is 0 Å². The summed E-state index contributed by atoms with van der Waals surface area (Å²) < 4.78 is 7.92. The van der Waals surface area contributed by atoms with Gasteiger partial charge in [0, 0.05) is 30.1 Å².